The first-order chi connectivity index (χ1) is 16.9. The summed E-state index contributed by atoms with van der Waals surface area (Å²) in [4.78, 5) is 15.4. The molecule has 1 aromatic heterocycles. The molecule has 1 heterocycles. The zero-order chi connectivity index (χ0) is 25.4. The fourth-order valence-corrected chi connectivity index (χ4v) is 4.24. The van der Waals surface area contributed by atoms with Crippen LogP contribution < -0.4 is 17.1 Å². The summed E-state index contributed by atoms with van der Waals surface area (Å²) in [6.45, 7) is 11.1. The van der Waals surface area contributed by atoms with Crippen molar-refractivity contribution < 1.29 is 9.52 Å². The summed E-state index contributed by atoms with van der Waals surface area (Å²) < 4.78 is 5.64. The van der Waals surface area contributed by atoms with E-state index in [2.05, 4.69) is 28.3 Å². The van der Waals surface area contributed by atoms with Crippen molar-refractivity contribution in [1.82, 2.24) is 4.90 Å². The van der Waals surface area contributed by atoms with E-state index in [0.29, 0.717) is 36.3 Å². The minimum Gasteiger partial charge on any atom is -0.507 e. The van der Waals surface area contributed by atoms with Crippen LogP contribution >= 0.6 is 0 Å². The highest BCUT2D eigenvalue weighted by Crippen LogP contribution is 2.39. The number of para-hydroxylation sites is 1. The van der Waals surface area contributed by atoms with E-state index >= 15 is 0 Å². The molecular formula is C27H31N5O3. The molecule has 5 N–H and O–H groups in total. The van der Waals surface area contributed by atoms with Gasteiger partial charge in [-0.15, -0.1) is 18.3 Å². The van der Waals surface area contributed by atoms with Gasteiger partial charge in [-0.25, -0.2) is 4.79 Å². The van der Waals surface area contributed by atoms with Gasteiger partial charge in [0.25, 0.3) is 0 Å². The predicted octanol–water partition coefficient (Wildman–Crippen LogP) is 3.57. The van der Waals surface area contributed by atoms with Gasteiger partial charge in [0.1, 0.15) is 11.3 Å². The normalized spacial score (nSPS) is 13.4. The highest BCUT2D eigenvalue weighted by molar-refractivity contribution is 5.89. The van der Waals surface area contributed by atoms with E-state index in [9.17, 15) is 9.90 Å². The van der Waals surface area contributed by atoms with Crippen molar-refractivity contribution in [2.75, 3.05) is 19.6 Å². The van der Waals surface area contributed by atoms with Crippen molar-refractivity contribution in [2.45, 2.75) is 12.8 Å². The van der Waals surface area contributed by atoms with E-state index in [1.165, 1.54) is 0 Å². The fraction of sp³-hybridized carbons (Fsp3) is 0.222. The average molecular weight is 474 g/mol. The third-order valence-corrected chi connectivity index (χ3v) is 5.78. The molecule has 0 aliphatic heterocycles. The number of nitrogens with two attached hydrogens (primary N) is 2. The van der Waals surface area contributed by atoms with Gasteiger partial charge in [0, 0.05) is 37.2 Å². The molecule has 2 atom stereocenters. The third-order valence-electron chi connectivity index (χ3n) is 5.78. The molecule has 0 radical (unpaired) electrons. The largest absolute Gasteiger partial charge is 0.507 e. The van der Waals surface area contributed by atoms with Crippen LogP contribution in [0.4, 0.5) is 0 Å². The van der Waals surface area contributed by atoms with Crippen molar-refractivity contribution >= 4 is 22.6 Å². The minimum absolute atomic E-state index is 0.121. The Morgan fingerprint density at radius 3 is 2.31 bits per heavy atom. The number of guanidine groups is 1. The molecule has 3 rings (SSSR count). The first-order valence-corrected chi connectivity index (χ1v) is 11.2. The van der Waals surface area contributed by atoms with Crippen LogP contribution in [0.2, 0.25) is 0 Å². The maximum absolute atomic E-state index is 13.3. The molecule has 0 saturated carbocycles. The second kappa shape index (κ2) is 11.8. The molecular weight excluding hydrogens is 442 g/mol. The Kier molecular flexibility index (Phi) is 8.58. The molecule has 0 spiro atoms. The van der Waals surface area contributed by atoms with Gasteiger partial charge in [-0.3, -0.25) is 4.90 Å². The SMILES string of the molecule is C=CCN(CC=C)C[C@H](/C(C)=N\N=C(N)N)[C@@H](c1ccccc1)c1c(O)c2ccccc2oc1=O. The van der Waals surface area contributed by atoms with E-state index in [4.69, 9.17) is 15.9 Å². The Morgan fingerprint density at radius 2 is 1.69 bits per heavy atom. The summed E-state index contributed by atoms with van der Waals surface area (Å²) in [5, 5.41) is 19.9. The Hall–Kier alpha value is -4.17. The second-order valence-corrected chi connectivity index (χ2v) is 8.20. The standard InChI is InChI=1S/C27H31N5O3/c1-4-15-32(16-5-2)17-21(18(3)30-31-27(28)29)23(19-11-7-6-8-12-19)24-25(33)20-13-9-10-14-22(20)35-26(24)34/h4-14,21,23,33H,1-2,15-17H2,3H3,(H4,28,29,31)/b30-18-/t21-,23-/m1/s1. The van der Waals surface area contributed by atoms with Crippen LogP contribution in [0.1, 0.15) is 24.0 Å². The molecule has 182 valence electrons. The topological polar surface area (TPSA) is 130 Å². The van der Waals surface area contributed by atoms with Crippen molar-refractivity contribution in [1.29, 1.82) is 0 Å². The molecule has 0 unspecified atom stereocenters. The second-order valence-electron chi connectivity index (χ2n) is 8.20. The molecule has 8 nitrogen and oxygen atoms in total. The number of hydrogen-bond donors (Lipinski definition) is 3. The number of nitrogens with zero attached hydrogens (tertiary/aromatic N) is 3. The molecule has 2 aromatic carbocycles. The molecule has 0 aliphatic rings. The van der Waals surface area contributed by atoms with E-state index < -0.39 is 17.5 Å². The van der Waals surface area contributed by atoms with Gasteiger partial charge in [-0.05, 0) is 24.6 Å². The Bertz CT molecular complexity index is 1280. The summed E-state index contributed by atoms with van der Waals surface area (Å²) in [5.74, 6) is -1.31. The first-order valence-electron chi connectivity index (χ1n) is 11.2. The van der Waals surface area contributed by atoms with Crippen molar-refractivity contribution in [2.24, 2.45) is 27.6 Å². The zero-order valence-corrected chi connectivity index (χ0v) is 19.8. The Balaban J connectivity index is 2.30. The number of rotatable bonds is 11. The van der Waals surface area contributed by atoms with Gasteiger partial charge in [0.15, 0.2) is 0 Å². The lowest BCUT2D eigenvalue weighted by Crippen LogP contribution is -2.37. The summed E-state index contributed by atoms with van der Waals surface area (Å²) in [5.41, 5.74) is 12.3. The van der Waals surface area contributed by atoms with Crippen LogP contribution in [0.15, 0.2) is 99.3 Å². The van der Waals surface area contributed by atoms with E-state index in [-0.39, 0.29) is 17.3 Å². The van der Waals surface area contributed by atoms with Crippen molar-refractivity contribution in [3.05, 3.63) is 101 Å². The van der Waals surface area contributed by atoms with Crippen molar-refractivity contribution in [3.8, 4) is 5.75 Å². The van der Waals surface area contributed by atoms with Crippen LogP contribution in [-0.4, -0.2) is 41.3 Å². The number of benzene rings is 2. The monoisotopic (exact) mass is 473 g/mol. The summed E-state index contributed by atoms with van der Waals surface area (Å²) >= 11 is 0. The van der Waals surface area contributed by atoms with Crippen LogP contribution in [0.3, 0.4) is 0 Å². The molecule has 35 heavy (non-hydrogen) atoms. The quantitative estimate of drug-likeness (QED) is 0.128. The van der Waals surface area contributed by atoms with Crippen LogP contribution in [0, 0.1) is 5.92 Å². The zero-order valence-electron chi connectivity index (χ0n) is 19.8. The number of aromatic hydroxyl groups is 1. The van der Waals surface area contributed by atoms with Gasteiger partial charge >= 0.3 is 5.63 Å². The van der Waals surface area contributed by atoms with Crippen LogP contribution in [-0.2, 0) is 0 Å². The number of hydrogen-bond acceptors (Lipinski definition) is 6. The highest BCUT2D eigenvalue weighted by Gasteiger charge is 2.34. The van der Waals surface area contributed by atoms with Gasteiger partial charge in [-0.2, -0.15) is 5.10 Å². The van der Waals surface area contributed by atoms with Crippen molar-refractivity contribution in [3.63, 3.8) is 0 Å². The minimum atomic E-state index is -0.617. The molecule has 0 bridgehead atoms. The third kappa shape index (κ3) is 6.04. The lowest BCUT2D eigenvalue weighted by atomic mass is 9.78. The molecule has 0 amide bonds. The van der Waals surface area contributed by atoms with Gasteiger partial charge in [0.05, 0.1) is 10.9 Å². The summed E-state index contributed by atoms with van der Waals surface area (Å²) in [7, 11) is 0. The molecule has 3 aromatic rings. The van der Waals surface area contributed by atoms with Crippen LogP contribution in [0.5, 0.6) is 5.75 Å². The summed E-state index contributed by atoms with van der Waals surface area (Å²) in [6, 6.07) is 16.4. The highest BCUT2D eigenvalue weighted by atomic mass is 16.4. The van der Waals surface area contributed by atoms with Gasteiger partial charge < -0.3 is 21.0 Å². The van der Waals surface area contributed by atoms with Gasteiger partial charge in [-0.1, -0.05) is 54.6 Å². The summed E-state index contributed by atoms with van der Waals surface area (Å²) in [6.07, 6.45) is 3.59. The smallest absolute Gasteiger partial charge is 0.343 e. The Labute approximate surface area is 204 Å². The lowest BCUT2D eigenvalue weighted by Gasteiger charge is -2.32. The molecule has 0 aliphatic carbocycles. The molecule has 0 fully saturated rings. The fourth-order valence-electron chi connectivity index (χ4n) is 4.24. The molecule has 0 saturated heterocycles. The number of fused-ring (bicyclic) bond motifs is 1. The predicted molar refractivity (Wildman–Crippen MR) is 142 cm³/mol. The van der Waals surface area contributed by atoms with Gasteiger partial charge in [0.2, 0.25) is 5.96 Å². The van der Waals surface area contributed by atoms with Crippen LogP contribution in [0.25, 0.3) is 11.0 Å². The van der Waals surface area contributed by atoms with E-state index in [1.807, 2.05) is 30.3 Å². The maximum Gasteiger partial charge on any atom is 0.343 e. The Morgan fingerprint density at radius 1 is 1.06 bits per heavy atom. The maximum atomic E-state index is 13.3. The molecule has 8 heteroatoms. The van der Waals surface area contributed by atoms with E-state index in [1.54, 1.807) is 43.3 Å². The lowest BCUT2D eigenvalue weighted by molar-refractivity contribution is 0.293. The van der Waals surface area contributed by atoms with E-state index in [0.717, 1.165) is 5.56 Å². The first kappa shape index (κ1) is 25.5. The average Bonchev–Trinajstić information content (AvgIpc) is 2.84.